The molecule has 37 heavy (non-hydrogen) atoms. The standard InChI is InChI=1S/C24H28N4O7S2/c1-14(29)26-17-4-8-19(9-5-17)34-23(32)21(25)12-36-37-13-22(28-16(3)31)24(33)35-20-10-6-18(7-11-20)27-15(2)30/h4-11,21-22H,12-13,25H2,1-3H3,(H,26,29)(H,27,30)(H,28,31)/t21-,22-/m0/s1. The Hall–Kier alpha value is -3.55. The van der Waals surface area contributed by atoms with Crippen molar-refractivity contribution in [2.24, 2.45) is 5.73 Å². The van der Waals surface area contributed by atoms with E-state index in [1.165, 1.54) is 66.6 Å². The predicted molar refractivity (Wildman–Crippen MR) is 143 cm³/mol. The maximum absolute atomic E-state index is 12.6. The van der Waals surface area contributed by atoms with E-state index in [-0.39, 0.29) is 34.8 Å². The lowest BCUT2D eigenvalue weighted by Gasteiger charge is -2.17. The number of esters is 2. The number of hydrogen-bond donors (Lipinski definition) is 4. The summed E-state index contributed by atoms with van der Waals surface area (Å²) in [4.78, 5) is 58.6. The fraction of sp³-hybridized carbons (Fsp3) is 0.292. The number of benzene rings is 2. The molecule has 0 saturated carbocycles. The Labute approximate surface area is 222 Å². The molecule has 0 radical (unpaired) electrons. The smallest absolute Gasteiger partial charge is 0.334 e. The number of carbonyl (C=O) groups excluding carboxylic acids is 5. The fourth-order valence-electron chi connectivity index (χ4n) is 2.72. The third-order valence-corrected chi connectivity index (χ3v) is 6.76. The minimum absolute atomic E-state index is 0.166. The molecule has 11 nitrogen and oxygen atoms in total. The van der Waals surface area contributed by atoms with Gasteiger partial charge in [-0.05, 0) is 48.5 Å². The lowest BCUT2D eigenvalue weighted by molar-refractivity contribution is -0.138. The monoisotopic (exact) mass is 548 g/mol. The van der Waals surface area contributed by atoms with Crippen LogP contribution in [0.4, 0.5) is 11.4 Å². The lowest BCUT2D eigenvalue weighted by Crippen LogP contribution is -2.43. The first-order valence-electron chi connectivity index (χ1n) is 11.0. The summed E-state index contributed by atoms with van der Waals surface area (Å²) in [6, 6.07) is 10.6. The molecule has 2 rings (SSSR count). The largest absolute Gasteiger partial charge is 0.425 e. The van der Waals surface area contributed by atoms with Gasteiger partial charge in [-0.2, -0.15) is 0 Å². The summed E-state index contributed by atoms with van der Waals surface area (Å²) in [6.45, 7) is 4.06. The zero-order valence-electron chi connectivity index (χ0n) is 20.4. The van der Waals surface area contributed by atoms with Crippen molar-refractivity contribution in [2.45, 2.75) is 32.9 Å². The van der Waals surface area contributed by atoms with Crippen LogP contribution >= 0.6 is 21.6 Å². The van der Waals surface area contributed by atoms with Gasteiger partial charge >= 0.3 is 11.9 Å². The van der Waals surface area contributed by atoms with E-state index < -0.39 is 29.9 Å². The number of rotatable bonds is 12. The van der Waals surface area contributed by atoms with E-state index in [4.69, 9.17) is 15.2 Å². The molecule has 0 aromatic heterocycles. The van der Waals surface area contributed by atoms with Gasteiger partial charge in [0.15, 0.2) is 0 Å². The minimum Gasteiger partial charge on any atom is -0.425 e. The zero-order chi connectivity index (χ0) is 27.4. The van der Waals surface area contributed by atoms with E-state index >= 15 is 0 Å². The summed E-state index contributed by atoms with van der Waals surface area (Å²) in [5, 5.41) is 7.76. The molecule has 0 heterocycles. The molecular weight excluding hydrogens is 520 g/mol. The summed E-state index contributed by atoms with van der Waals surface area (Å²) in [7, 11) is 2.48. The minimum atomic E-state index is -0.935. The van der Waals surface area contributed by atoms with E-state index in [1.807, 2.05) is 0 Å². The molecule has 0 aliphatic rings. The van der Waals surface area contributed by atoms with Crippen molar-refractivity contribution in [2.75, 3.05) is 22.1 Å². The van der Waals surface area contributed by atoms with E-state index in [9.17, 15) is 24.0 Å². The van der Waals surface area contributed by atoms with Crippen LogP contribution in [0.15, 0.2) is 48.5 Å². The van der Waals surface area contributed by atoms with Gasteiger partial charge in [0.2, 0.25) is 17.7 Å². The Morgan fingerprint density at radius 2 is 1.14 bits per heavy atom. The number of nitrogens with one attached hydrogen (secondary N) is 3. The number of anilines is 2. The topological polar surface area (TPSA) is 166 Å². The predicted octanol–water partition coefficient (Wildman–Crippen LogP) is 2.33. The molecule has 0 saturated heterocycles. The van der Waals surface area contributed by atoms with Gasteiger partial charge in [-0.15, -0.1) is 0 Å². The van der Waals surface area contributed by atoms with Gasteiger partial charge in [0.25, 0.3) is 0 Å². The Morgan fingerprint density at radius 1 is 0.703 bits per heavy atom. The zero-order valence-corrected chi connectivity index (χ0v) is 22.1. The third kappa shape index (κ3) is 11.4. The molecule has 13 heteroatoms. The molecule has 0 bridgehead atoms. The number of hydrogen-bond acceptors (Lipinski definition) is 10. The van der Waals surface area contributed by atoms with Crippen molar-refractivity contribution in [3.8, 4) is 11.5 Å². The van der Waals surface area contributed by atoms with Gasteiger partial charge in [0, 0.05) is 43.7 Å². The molecule has 0 spiro atoms. The molecule has 3 amide bonds. The first-order chi connectivity index (χ1) is 17.5. The highest BCUT2D eigenvalue weighted by Crippen LogP contribution is 2.24. The van der Waals surface area contributed by atoms with Crippen LogP contribution in [-0.4, -0.2) is 53.2 Å². The molecule has 0 aliphatic heterocycles. The number of ether oxygens (including phenoxy) is 2. The van der Waals surface area contributed by atoms with Gasteiger partial charge in [-0.1, -0.05) is 21.6 Å². The highest BCUT2D eigenvalue weighted by Gasteiger charge is 2.23. The van der Waals surface area contributed by atoms with E-state index in [2.05, 4.69) is 16.0 Å². The van der Waals surface area contributed by atoms with Crippen LogP contribution in [0.1, 0.15) is 20.8 Å². The second-order valence-electron chi connectivity index (χ2n) is 7.68. The molecule has 2 aromatic carbocycles. The van der Waals surface area contributed by atoms with E-state index in [1.54, 1.807) is 24.3 Å². The summed E-state index contributed by atoms with van der Waals surface area (Å²) in [5.41, 5.74) is 7.03. The summed E-state index contributed by atoms with van der Waals surface area (Å²) in [6.07, 6.45) is 0. The normalized spacial score (nSPS) is 12.0. The van der Waals surface area contributed by atoms with Crippen molar-refractivity contribution in [3.05, 3.63) is 48.5 Å². The molecular formula is C24H28N4O7S2. The maximum Gasteiger partial charge on any atom is 0.334 e. The lowest BCUT2D eigenvalue weighted by atomic mass is 10.3. The SMILES string of the molecule is CC(=O)Nc1ccc(OC(=O)[C@H](CSSC[C@H](N)C(=O)Oc2ccc(NC(C)=O)cc2)NC(C)=O)cc1. The van der Waals surface area contributed by atoms with Crippen molar-refractivity contribution in [3.63, 3.8) is 0 Å². The molecule has 198 valence electrons. The highest BCUT2D eigenvalue weighted by molar-refractivity contribution is 8.76. The molecule has 0 aliphatic carbocycles. The Balaban J connectivity index is 1.81. The van der Waals surface area contributed by atoms with Gasteiger partial charge in [0.1, 0.15) is 23.6 Å². The van der Waals surface area contributed by atoms with Crippen LogP contribution < -0.4 is 31.2 Å². The van der Waals surface area contributed by atoms with Gasteiger partial charge in [-0.3, -0.25) is 14.4 Å². The van der Waals surface area contributed by atoms with Gasteiger partial charge in [-0.25, -0.2) is 9.59 Å². The maximum atomic E-state index is 12.6. The van der Waals surface area contributed by atoms with Crippen LogP contribution in [0, 0.1) is 0 Å². The van der Waals surface area contributed by atoms with Crippen molar-refractivity contribution < 1.29 is 33.4 Å². The van der Waals surface area contributed by atoms with Crippen molar-refractivity contribution >= 4 is 62.6 Å². The molecule has 2 aromatic rings. The Morgan fingerprint density at radius 3 is 1.57 bits per heavy atom. The van der Waals surface area contributed by atoms with Gasteiger partial charge in [0.05, 0.1) is 0 Å². The molecule has 5 N–H and O–H groups in total. The Bertz CT molecular complexity index is 1110. The first kappa shape index (κ1) is 29.7. The van der Waals surface area contributed by atoms with E-state index in [0.29, 0.717) is 11.4 Å². The summed E-state index contributed by atoms with van der Waals surface area (Å²) in [5.74, 6) is -1.25. The second kappa shape index (κ2) is 14.9. The summed E-state index contributed by atoms with van der Waals surface area (Å²) < 4.78 is 10.6. The number of nitrogens with two attached hydrogens (primary N) is 1. The fourth-order valence-corrected chi connectivity index (χ4v) is 4.97. The summed E-state index contributed by atoms with van der Waals surface area (Å²) >= 11 is 0. The first-order valence-corrected chi connectivity index (χ1v) is 13.5. The van der Waals surface area contributed by atoms with Crippen LogP contribution in [0.2, 0.25) is 0 Å². The van der Waals surface area contributed by atoms with Gasteiger partial charge < -0.3 is 31.2 Å². The van der Waals surface area contributed by atoms with Crippen molar-refractivity contribution in [1.29, 1.82) is 0 Å². The average molecular weight is 549 g/mol. The Kier molecular flexibility index (Phi) is 11.9. The third-order valence-electron chi connectivity index (χ3n) is 4.32. The quantitative estimate of drug-likeness (QED) is 0.134. The van der Waals surface area contributed by atoms with Crippen LogP contribution in [-0.2, 0) is 24.0 Å². The number of carbonyl (C=O) groups is 5. The van der Waals surface area contributed by atoms with Crippen LogP contribution in [0.5, 0.6) is 11.5 Å². The molecule has 0 unspecified atom stereocenters. The van der Waals surface area contributed by atoms with Crippen molar-refractivity contribution in [1.82, 2.24) is 5.32 Å². The highest BCUT2D eigenvalue weighted by atomic mass is 33.1. The van der Waals surface area contributed by atoms with Crippen LogP contribution in [0.3, 0.4) is 0 Å². The van der Waals surface area contributed by atoms with Crippen LogP contribution in [0.25, 0.3) is 0 Å². The molecule has 0 fully saturated rings. The van der Waals surface area contributed by atoms with E-state index in [0.717, 1.165) is 0 Å². The average Bonchev–Trinajstić information content (AvgIpc) is 2.82. The number of amides is 3. The second-order valence-corrected chi connectivity index (χ2v) is 10.2. The molecule has 2 atom stereocenters.